The zero-order valence-corrected chi connectivity index (χ0v) is 14.4. The molecule has 0 saturated carbocycles. The molecule has 8 heteroatoms. The van der Waals surface area contributed by atoms with E-state index in [2.05, 4.69) is 0 Å². The molecular weight excluding hydrogens is 354 g/mol. The van der Waals surface area contributed by atoms with Gasteiger partial charge in [-0.05, 0) is 41.5 Å². The molecule has 142 valence electrons. The van der Waals surface area contributed by atoms with Gasteiger partial charge in [-0.15, -0.1) is 0 Å². The van der Waals surface area contributed by atoms with Gasteiger partial charge in [0.25, 0.3) is 0 Å². The van der Waals surface area contributed by atoms with Crippen LogP contribution in [0, 0.1) is 0 Å². The summed E-state index contributed by atoms with van der Waals surface area (Å²) in [5, 5.41) is 47.0. The van der Waals surface area contributed by atoms with Gasteiger partial charge >= 0.3 is 5.97 Å². The summed E-state index contributed by atoms with van der Waals surface area (Å²) in [6, 6.07) is 6.74. The van der Waals surface area contributed by atoms with E-state index in [1.807, 2.05) is 0 Å². The highest BCUT2D eigenvalue weighted by molar-refractivity contribution is 5.94. The Morgan fingerprint density at radius 1 is 0.963 bits per heavy atom. The lowest BCUT2D eigenvalue weighted by atomic mass is 10.0. The molecule has 1 atom stereocenters. The van der Waals surface area contributed by atoms with Gasteiger partial charge in [0.1, 0.15) is 6.04 Å². The summed E-state index contributed by atoms with van der Waals surface area (Å²) in [6.07, 6.45) is 2.46. The molecule has 0 fully saturated rings. The van der Waals surface area contributed by atoms with Crippen LogP contribution in [0.4, 0.5) is 0 Å². The van der Waals surface area contributed by atoms with E-state index in [1.54, 1.807) is 0 Å². The number of carbonyl (C=O) groups is 2. The Hall–Kier alpha value is -3.68. The predicted octanol–water partition coefficient (Wildman–Crippen LogP) is 1.68. The predicted molar refractivity (Wildman–Crippen MR) is 96.5 cm³/mol. The van der Waals surface area contributed by atoms with Gasteiger partial charge in [0.2, 0.25) is 5.91 Å². The molecule has 5 N–H and O–H groups in total. The van der Waals surface area contributed by atoms with E-state index in [0.29, 0.717) is 11.1 Å². The number of carbonyl (C=O) groups excluding carboxylic acids is 1. The van der Waals surface area contributed by atoms with Gasteiger partial charge in [-0.25, -0.2) is 4.79 Å². The minimum atomic E-state index is -1.23. The lowest BCUT2D eigenvalue weighted by Gasteiger charge is -2.24. The molecule has 0 heterocycles. The van der Waals surface area contributed by atoms with E-state index in [9.17, 15) is 35.1 Å². The molecule has 0 aromatic heterocycles. The molecule has 0 bridgehead atoms. The van der Waals surface area contributed by atoms with Gasteiger partial charge in [-0.1, -0.05) is 12.1 Å². The van der Waals surface area contributed by atoms with Crippen LogP contribution in [-0.2, 0) is 16.0 Å². The fourth-order valence-corrected chi connectivity index (χ4v) is 2.39. The summed E-state index contributed by atoms with van der Waals surface area (Å²) < 4.78 is 0. The highest BCUT2D eigenvalue weighted by Gasteiger charge is 2.26. The van der Waals surface area contributed by atoms with Crippen molar-refractivity contribution in [1.29, 1.82) is 0 Å². The molecule has 2 rings (SSSR count). The second-order valence-corrected chi connectivity index (χ2v) is 5.91. The van der Waals surface area contributed by atoms with Crippen molar-refractivity contribution in [2.75, 3.05) is 7.05 Å². The lowest BCUT2D eigenvalue weighted by molar-refractivity contribution is -0.147. The van der Waals surface area contributed by atoms with Crippen LogP contribution in [0.1, 0.15) is 11.1 Å². The van der Waals surface area contributed by atoms with Crippen molar-refractivity contribution >= 4 is 18.0 Å². The third kappa shape index (κ3) is 4.91. The number of aliphatic carboxylic acids is 1. The van der Waals surface area contributed by atoms with E-state index in [1.165, 1.54) is 49.5 Å². The molecule has 0 aliphatic rings. The quantitative estimate of drug-likeness (QED) is 0.383. The van der Waals surface area contributed by atoms with Crippen LogP contribution in [0.3, 0.4) is 0 Å². The number of rotatable bonds is 6. The molecule has 0 radical (unpaired) electrons. The average molecular weight is 373 g/mol. The van der Waals surface area contributed by atoms with Crippen molar-refractivity contribution in [1.82, 2.24) is 4.90 Å². The highest BCUT2D eigenvalue weighted by Crippen LogP contribution is 2.26. The van der Waals surface area contributed by atoms with E-state index < -0.39 is 17.9 Å². The fourth-order valence-electron chi connectivity index (χ4n) is 2.39. The maximum Gasteiger partial charge on any atom is 0.326 e. The molecule has 0 aliphatic carbocycles. The number of hydrogen-bond donors (Lipinski definition) is 5. The molecular formula is C19H19NO7. The van der Waals surface area contributed by atoms with Crippen molar-refractivity contribution in [3.63, 3.8) is 0 Å². The second-order valence-electron chi connectivity index (χ2n) is 5.91. The van der Waals surface area contributed by atoms with Crippen LogP contribution in [-0.4, -0.2) is 55.4 Å². The number of likely N-dealkylation sites (N-methyl/N-ethyl adjacent to an activating group) is 1. The monoisotopic (exact) mass is 373 g/mol. The van der Waals surface area contributed by atoms with Crippen LogP contribution in [0.15, 0.2) is 42.5 Å². The standard InChI is InChI=1S/C19H19NO7/c1-20(18(25)7-4-11-2-5-14(21)16(23)9-11)13(19(26)27)8-12-3-6-15(22)17(24)10-12/h2-7,9-10,13,21-24H,8H2,1H3,(H,26,27)/b7-4+. The van der Waals surface area contributed by atoms with Crippen LogP contribution < -0.4 is 0 Å². The summed E-state index contributed by atoms with van der Waals surface area (Å²) in [4.78, 5) is 24.9. The Bertz CT molecular complexity index is 892. The molecule has 1 amide bonds. The molecule has 2 aromatic carbocycles. The van der Waals surface area contributed by atoms with Crippen LogP contribution >= 0.6 is 0 Å². The first-order valence-corrected chi connectivity index (χ1v) is 7.89. The Labute approximate surface area is 154 Å². The highest BCUT2D eigenvalue weighted by atomic mass is 16.4. The topological polar surface area (TPSA) is 139 Å². The number of amides is 1. The summed E-state index contributed by atoms with van der Waals surface area (Å²) in [5.41, 5.74) is 0.882. The summed E-state index contributed by atoms with van der Waals surface area (Å²) in [5.74, 6) is -3.15. The van der Waals surface area contributed by atoms with Crippen molar-refractivity contribution in [2.45, 2.75) is 12.5 Å². The Morgan fingerprint density at radius 2 is 1.56 bits per heavy atom. The molecule has 27 heavy (non-hydrogen) atoms. The number of nitrogens with zero attached hydrogens (tertiary/aromatic N) is 1. The van der Waals surface area contributed by atoms with Gasteiger partial charge in [0.15, 0.2) is 23.0 Å². The number of aromatic hydroxyl groups is 4. The fraction of sp³-hybridized carbons (Fsp3) is 0.158. The minimum absolute atomic E-state index is 0.0702. The van der Waals surface area contributed by atoms with Gasteiger partial charge in [-0.3, -0.25) is 4.79 Å². The van der Waals surface area contributed by atoms with E-state index in [-0.39, 0.29) is 29.4 Å². The number of carboxylic acids is 1. The smallest absolute Gasteiger partial charge is 0.326 e. The molecule has 2 aromatic rings. The Morgan fingerprint density at radius 3 is 2.11 bits per heavy atom. The molecule has 0 aliphatic heterocycles. The minimum Gasteiger partial charge on any atom is -0.504 e. The van der Waals surface area contributed by atoms with Crippen LogP contribution in [0.5, 0.6) is 23.0 Å². The molecule has 0 saturated heterocycles. The van der Waals surface area contributed by atoms with E-state index in [4.69, 9.17) is 0 Å². The van der Waals surface area contributed by atoms with Crippen LogP contribution in [0.25, 0.3) is 6.08 Å². The molecule has 0 spiro atoms. The first kappa shape index (κ1) is 19.6. The van der Waals surface area contributed by atoms with Crippen molar-refractivity contribution in [2.24, 2.45) is 0 Å². The number of phenols is 4. The largest absolute Gasteiger partial charge is 0.504 e. The van der Waals surface area contributed by atoms with Gasteiger partial charge < -0.3 is 30.4 Å². The first-order chi connectivity index (χ1) is 12.7. The number of phenolic OH excluding ortho intramolecular Hbond substituents is 4. The Balaban J connectivity index is 2.14. The summed E-state index contributed by atoms with van der Waals surface area (Å²) in [6.45, 7) is 0. The lowest BCUT2D eigenvalue weighted by Crippen LogP contribution is -2.43. The maximum atomic E-state index is 12.3. The summed E-state index contributed by atoms with van der Waals surface area (Å²) in [7, 11) is 1.33. The maximum absolute atomic E-state index is 12.3. The first-order valence-electron chi connectivity index (χ1n) is 7.89. The number of benzene rings is 2. The van der Waals surface area contributed by atoms with Gasteiger partial charge in [0.05, 0.1) is 0 Å². The number of carboxylic acid groups (broad SMARTS) is 1. The van der Waals surface area contributed by atoms with Crippen LogP contribution in [0.2, 0.25) is 0 Å². The van der Waals surface area contributed by atoms with Crippen molar-refractivity contribution in [3.8, 4) is 23.0 Å². The van der Waals surface area contributed by atoms with E-state index >= 15 is 0 Å². The summed E-state index contributed by atoms with van der Waals surface area (Å²) >= 11 is 0. The SMILES string of the molecule is CN(C(=O)/C=C/c1ccc(O)c(O)c1)C(Cc1ccc(O)c(O)c1)C(=O)O. The second kappa shape index (κ2) is 8.13. The Kier molecular flexibility index (Phi) is 5.92. The van der Waals surface area contributed by atoms with Crippen molar-refractivity contribution < 1.29 is 35.1 Å². The third-order valence-corrected chi connectivity index (χ3v) is 3.99. The van der Waals surface area contributed by atoms with Gasteiger partial charge in [-0.2, -0.15) is 0 Å². The van der Waals surface area contributed by atoms with E-state index in [0.717, 1.165) is 11.0 Å². The average Bonchev–Trinajstić information content (AvgIpc) is 2.62. The van der Waals surface area contributed by atoms with Gasteiger partial charge in [0, 0.05) is 19.5 Å². The third-order valence-electron chi connectivity index (χ3n) is 3.99. The normalized spacial score (nSPS) is 12.0. The van der Waals surface area contributed by atoms with Crippen molar-refractivity contribution in [3.05, 3.63) is 53.6 Å². The number of hydrogen-bond acceptors (Lipinski definition) is 6. The molecule has 1 unspecified atom stereocenters. The zero-order chi connectivity index (χ0) is 20.1. The zero-order valence-electron chi connectivity index (χ0n) is 14.4. The molecule has 8 nitrogen and oxygen atoms in total.